The fraction of sp³-hybridized carbons (Fsp3) is 0.0833. The Morgan fingerprint density at radius 1 is 1.29 bits per heavy atom. The number of hydrogen-bond acceptors (Lipinski definition) is 4. The van der Waals surface area contributed by atoms with Crippen molar-refractivity contribution in [2.24, 2.45) is 5.14 Å². The number of sulfonamides is 1. The summed E-state index contributed by atoms with van der Waals surface area (Å²) in [6.07, 6.45) is -3.71. The molecule has 24 heavy (non-hydrogen) atoms. The third kappa shape index (κ3) is 2.77. The molecule has 3 aromatic rings. The lowest BCUT2D eigenvalue weighted by Crippen LogP contribution is -2.13. The molecule has 0 aliphatic heterocycles. The highest BCUT2D eigenvalue weighted by molar-refractivity contribution is 7.91. The standard InChI is InChI=1S/C12H6ClF4N3O2S2/c13-5-3-19-8-4(1-2-6(14)7(5)8)9-10(12(15,16)17)20-11(23-9)24(18,21)22/h1-3,19H,(H2,18,21,22). The summed E-state index contributed by atoms with van der Waals surface area (Å²) in [4.78, 5) is 5.18. The fourth-order valence-electron chi connectivity index (χ4n) is 2.15. The molecule has 0 bridgehead atoms. The lowest BCUT2D eigenvalue weighted by atomic mass is 10.1. The van der Waals surface area contributed by atoms with E-state index in [0.717, 1.165) is 12.1 Å². The molecule has 0 saturated heterocycles. The van der Waals surface area contributed by atoms with Crippen LogP contribution in [-0.2, 0) is 16.2 Å². The number of H-pyrrole nitrogens is 1. The van der Waals surface area contributed by atoms with Gasteiger partial charge >= 0.3 is 6.18 Å². The van der Waals surface area contributed by atoms with Crippen LogP contribution in [0.3, 0.4) is 0 Å². The molecule has 0 aliphatic carbocycles. The van der Waals surface area contributed by atoms with Gasteiger partial charge in [-0.05, 0) is 12.1 Å². The third-order valence-electron chi connectivity index (χ3n) is 3.10. The number of fused-ring (bicyclic) bond motifs is 1. The first kappa shape index (κ1) is 17.1. The summed E-state index contributed by atoms with van der Waals surface area (Å²) in [6.45, 7) is 0. The Morgan fingerprint density at radius 3 is 2.54 bits per heavy atom. The van der Waals surface area contributed by atoms with E-state index in [1.165, 1.54) is 6.20 Å². The Bertz CT molecular complexity index is 1060. The van der Waals surface area contributed by atoms with E-state index in [1.54, 1.807) is 0 Å². The Morgan fingerprint density at radius 2 is 1.96 bits per heavy atom. The molecule has 0 amide bonds. The summed E-state index contributed by atoms with van der Waals surface area (Å²) in [5.41, 5.74) is -1.51. The van der Waals surface area contributed by atoms with Crippen LogP contribution in [0.2, 0.25) is 5.02 Å². The second-order valence-corrected chi connectivity index (χ2v) is 7.82. The number of aromatic nitrogens is 2. The molecule has 128 valence electrons. The van der Waals surface area contributed by atoms with Crippen LogP contribution >= 0.6 is 22.9 Å². The quantitative estimate of drug-likeness (QED) is 0.643. The second kappa shape index (κ2) is 5.41. The number of nitrogens with zero attached hydrogens (tertiary/aromatic N) is 1. The van der Waals surface area contributed by atoms with Crippen molar-refractivity contribution < 1.29 is 26.0 Å². The minimum atomic E-state index is -4.92. The molecule has 3 N–H and O–H groups in total. The van der Waals surface area contributed by atoms with E-state index in [-0.39, 0.29) is 32.8 Å². The summed E-state index contributed by atoms with van der Waals surface area (Å²) in [7, 11) is -4.43. The Balaban J connectivity index is 2.39. The molecule has 2 aromatic heterocycles. The maximum absolute atomic E-state index is 13.9. The van der Waals surface area contributed by atoms with Crippen LogP contribution < -0.4 is 5.14 Å². The number of thiazole rings is 1. The maximum atomic E-state index is 13.9. The van der Waals surface area contributed by atoms with E-state index in [1.807, 2.05) is 0 Å². The van der Waals surface area contributed by atoms with Crippen molar-refractivity contribution in [1.82, 2.24) is 9.97 Å². The fourth-order valence-corrected chi connectivity index (χ4v) is 4.18. The van der Waals surface area contributed by atoms with Gasteiger partial charge in [0.2, 0.25) is 4.34 Å². The van der Waals surface area contributed by atoms with Crippen molar-refractivity contribution in [3.05, 3.63) is 34.9 Å². The molecule has 12 heteroatoms. The number of halogens is 5. The van der Waals surface area contributed by atoms with Gasteiger partial charge in [0.05, 0.1) is 20.8 Å². The normalized spacial score (nSPS) is 12.9. The van der Waals surface area contributed by atoms with Crippen LogP contribution in [0, 0.1) is 5.82 Å². The van der Waals surface area contributed by atoms with Gasteiger partial charge in [-0.25, -0.2) is 22.9 Å². The average Bonchev–Trinajstić information content (AvgIpc) is 3.03. The topological polar surface area (TPSA) is 88.8 Å². The highest BCUT2D eigenvalue weighted by Gasteiger charge is 2.39. The van der Waals surface area contributed by atoms with Gasteiger partial charge in [-0.3, -0.25) is 0 Å². The average molecular weight is 400 g/mol. The molecule has 0 spiro atoms. The Labute approximate surface area is 141 Å². The lowest BCUT2D eigenvalue weighted by Gasteiger charge is -2.07. The second-order valence-electron chi connectivity index (χ2n) is 4.68. The first-order chi connectivity index (χ1) is 11.0. The van der Waals surface area contributed by atoms with Gasteiger partial charge < -0.3 is 4.98 Å². The van der Waals surface area contributed by atoms with Gasteiger partial charge in [-0.1, -0.05) is 11.6 Å². The first-order valence-electron chi connectivity index (χ1n) is 6.06. The molecular formula is C12H6ClF4N3O2S2. The predicted molar refractivity (Wildman–Crippen MR) is 80.7 cm³/mol. The highest BCUT2D eigenvalue weighted by atomic mass is 35.5. The van der Waals surface area contributed by atoms with Crippen molar-refractivity contribution in [3.63, 3.8) is 0 Å². The number of primary sulfonamides is 1. The van der Waals surface area contributed by atoms with E-state index >= 15 is 0 Å². The minimum absolute atomic E-state index is 0.00452. The molecule has 0 radical (unpaired) electrons. The monoisotopic (exact) mass is 399 g/mol. The molecule has 0 unspecified atom stereocenters. The summed E-state index contributed by atoms with van der Waals surface area (Å²) in [6, 6.07) is 2.02. The Hall–Kier alpha value is -1.69. The van der Waals surface area contributed by atoms with Crippen LogP contribution in [-0.4, -0.2) is 18.4 Å². The molecule has 3 rings (SSSR count). The van der Waals surface area contributed by atoms with E-state index in [0.29, 0.717) is 0 Å². The molecule has 0 fully saturated rings. The van der Waals surface area contributed by atoms with Crippen LogP contribution in [0.4, 0.5) is 17.6 Å². The van der Waals surface area contributed by atoms with Crippen molar-refractivity contribution in [2.75, 3.05) is 0 Å². The van der Waals surface area contributed by atoms with E-state index in [9.17, 15) is 26.0 Å². The molecule has 0 aliphatic rings. The number of hydrogen-bond donors (Lipinski definition) is 2. The highest BCUT2D eigenvalue weighted by Crippen LogP contribution is 2.44. The van der Waals surface area contributed by atoms with Gasteiger partial charge in [-0.2, -0.15) is 13.2 Å². The van der Waals surface area contributed by atoms with Crippen LogP contribution in [0.25, 0.3) is 21.3 Å². The van der Waals surface area contributed by atoms with Gasteiger partial charge in [0.25, 0.3) is 10.0 Å². The van der Waals surface area contributed by atoms with Gasteiger partial charge in [0.1, 0.15) is 5.82 Å². The predicted octanol–water partition coefficient (Wildman–Crippen LogP) is 3.75. The van der Waals surface area contributed by atoms with Gasteiger partial charge in [0, 0.05) is 11.8 Å². The van der Waals surface area contributed by atoms with Crippen LogP contribution in [0.5, 0.6) is 0 Å². The number of nitrogens with two attached hydrogens (primary N) is 1. The summed E-state index contributed by atoms with van der Waals surface area (Å²) < 4.78 is 75.3. The lowest BCUT2D eigenvalue weighted by molar-refractivity contribution is -0.140. The van der Waals surface area contributed by atoms with E-state index in [2.05, 4.69) is 9.97 Å². The SMILES string of the molecule is NS(=O)(=O)c1nc(C(F)(F)F)c(-c2ccc(F)c3c(Cl)c[nH]c23)s1. The van der Waals surface area contributed by atoms with E-state index < -0.39 is 36.9 Å². The molecule has 0 atom stereocenters. The zero-order valence-corrected chi connectivity index (χ0v) is 13.7. The zero-order chi connectivity index (χ0) is 17.9. The van der Waals surface area contributed by atoms with Crippen LogP contribution in [0.15, 0.2) is 22.7 Å². The number of alkyl halides is 3. The van der Waals surface area contributed by atoms with Crippen molar-refractivity contribution >= 4 is 43.9 Å². The van der Waals surface area contributed by atoms with Crippen molar-refractivity contribution in [2.45, 2.75) is 10.5 Å². The van der Waals surface area contributed by atoms with Crippen molar-refractivity contribution in [3.8, 4) is 10.4 Å². The minimum Gasteiger partial charge on any atom is -0.359 e. The molecule has 2 heterocycles. The largest absolute Gasteiger partial charge is 0.434 e. The number of rotatable bonds is 2. The summed E-state index contributed by atoms with van der Waals surface area (Å²) in [5.74, 6) is -0.732. The molecule has 1 aromatic carbocycles. The van der Waals surface area contributed by atoms with Gasteiger partial charge in [-0.15, -0.1) is 11.3 Å². The number of benzene rings is 1. The third-order valence-corrected chi connectivity index (χ3v) is 5.81. The van der Waals surface area contributed by atoms with Crippen LogP contribution in [0.1, 0.15) is 5.69 Å². The number of nitrogens with one attached hydrogen (secondary N) is 1. The smallest absolute Gasteiger partial charge is 0.359 e. The first-order valence-corrected chi connectivity index (χ1v) is 8.80. The number of aromatic amines is 1. The molecule has 5 nitrogen and oxygen atoms in total. The zero-order valence-electron chi connectivity index (χ0n) is 11.3. The Kier molecular flexibility index (Phi) is 3.86. The van der Waals surface area contributed by atoms with Crippen molar-refractivity contribution in [1.29, 1.82) is 0 Å². The van der Waals surface area contributed by atoms with Gasteiger partial charge in [0.15, 0.2) is 5.69 Å². The van der Waals surface area contributed by atoms with E-state index in [4.69, 9.17) is 16.7 Å². The molecular weight excluding hydrogens is 394 g/mol. The summed E-state index contributed by atoms with van der Waals surface area (Å²) in [5, 5.41) is 4.74. The maximum Gasteiger partial charge on any atom is 0.434 e. The molecule has 0 saturated carbocycles. The summed E-state index contributed by atoms with van der Waals surface area (Å²) >= 11 is 6.07.